The minimum atomic E-state index is -0.0292. The van der Waals surface area contributed by atoms with Crippen LogP contribution in [0.3, 0.4) is 0 Å². The largest absolute Gasteiger partial charge is 0.393 e. The van der Waals surface area contributed by atoms with Crippen molar-refractivity contribution in [2.24, 2.45) is 0 Å². The summed E-state index contributed by atoms with van der Waals surface area (Å²) in [5.74, 6) is 0. The maximum absolute atomic E-state index is 9.96. The average Bonchev–Trinajstić information content (AvgIpc) is 2.65. The second kappa shape index (κ2) is 23.0. The number of unbranched alkanes of at least 4 members (excludes halogenated alkanes) is 18. The fourth-order valence-electron chi connectivity index (χ4n) is 3.88. The van der Waals surface area contributed by atoms with E-state index in [0.29, 0.717) is 0 Å². The zero-order valence-electron chi connectivity index (χ0n) is 18.6. The standard InChI is InChI=1S/C25H52O/c1-3-5-7-9-10-11-12-13-14-15-16-17-18-19-20-22-24-25(26)23-21-8-6-4-2/h25-26H,3-24H2,1-2H3. The second-order valence-corrected chi connectivity index (χ2v) is 8.60. The highest BCUT2D eigenvalue weighted by Gasteiger charge is 2.03. The van der Waals surface area contributed by atoms with Crippen LogP contribution in [0.2, 0.25) is 0 Å². The third-order valence-electron chi connectivity index (χ3n) is 5.78. The smallest absolute Gasteiger partial charge is 0.0540 e. The Morgan fingerprint density at radius 3 is 0.923 bits per heavy atom. The molecule has 0 heterocycles. The molecular weight excluding hydrogens is 316 g/mol. The molecule has 26 heavy (non-hydrogen) atoms. The number of aliphatic hydroxyl groups is 1. The van der Waals surface area contributed by atoms with Crippen LogP contribution in [0, 0.1) is 0 Å². The summed E-state index contributed by atoms with van der Waals surface area (Å²) in [7, 11) is 0. The molecule has 0 amide bonds. The van der Waals surface area contributed by atoms with Gasteiger partial charge in [0.1, 0.15) is 0 Å². The van der Waals surface area contributed by atoms with Crippen LogP contribution in [0.15, 0.2) is 0 Å². The zero-order chi connectivity index (χ0) is 19.1. The second-order valence-electron chi connectivity index (χ2n) is 8.60. The molecule has 1 atom stereocenters. The summed E-state index contributed by atoms with van der Waals surface area (Å²) < 4.78 is 0. The molecule has 1 heteroatoms. The Morgan fingerprint density at radius 2 is 0.615 bits per heavy atom. The van der Waals surface area contributed by atoms with Gasteiger partial charge in [0.2, 0.25) is 0 Å². The molecule has 0 aliphatic rings. The van der Waals surface area contributed by atoms with Gasteiger partial charge in [-0.3, -0.25) is 0 Å². The van der Waals surface area contributed by atoms with E-state index in [1.165, 1.54) is 128 Å². The lowest BCUT2D eigenvalue weighted by Gasteiger charge is -2.10. The Balaban J connectivity index is 3.06. The molecule has 0 spiro atoms. The van der Waals surface area contributed by atoms with Gasteiger partial charge in [-0.15, -0.1) is 0 Å². The first-order valence-corrected chi connectivity index (χ1v) is 12.5. The Hall–Kier alpha value is -0.0400. The van der Waals surface area contributed by atoms with Gasteiger partial charge in [-0.2, -0.15) is 0 Å². The number of hydrogen-bond acceptors (Lipinski definition) is 1. The van der Waals surface area contributed by atoms with Gasteiger partial charge in [0.15, 0.2) is 0 Å². The molecule has 0 saturated heterocycles. The first-order valence-electron chi connectivity index (χ1n) is 12.5. The highest BCUT2D eigenvalue weighted by atomic mass is 16.3. The molecule has 0 saturated carbocycles. The predicted molar refractivity (Wildman–Crippen MR) is 119 cm³/mol. The lowest BCUT2D eigenvalue weighted by molar-refractivity contribution is 0.147. The van der Waals surface area contributed by atoms with Crippen LogP contribution < -0.4 is 0 Å². The van der Waals surface area contributed by atoms with Gasteiger partial charge in [-0.1, -0.05) is 142 Å². The van der Waals surface area contributed by atoms with Crippen molar-refractivity contribution in [3.8, 4) is 0 Å². The van der Waals surface area contributed by atoms with Crippen LogP contribution in [0.25, 0.3) is 0 Å². The molecule has 0 aliphatic heterocycles. The van der Waals surface area contributed by atoms with Gasteiger partial charge in [0.25, 0.3) is 0 Å². The summed E-state index contributed by atoms with van der Waals surface area (Å²) in [4.78, 5) is 0. The van der Waals surface area contributed by atoms with E-state index in [2.05, 4.69) is 13.8 Å². The topological polar surface area (TPSA) is 20.2 Å². The van der Waals surface area contributed by atoms with Gasteiger partial charge in [-0.25, -0.2) is 0 Å². The summed E-state index contributed by atoms with van der Waals surface area (Å²) in [5, 5.41) is 9.96. The molecule has 0 radical (unpaired) electrons. The van der Waals surface area contributed by atoms with E-state index in [9.17, 15) is 5.11 Å². The lowest BCUT2D eigenvalue weighted by Crippen LogP contribution is -2.05. The van der Waals surface area contributed by atoms with Gasteiger partial charge in [-0.05, 0) is 12.8 Å². The molecule has 158 valence electrons. The maximum atomic E-state index is 9.96. The van der Waals surface area contributed by atoms with Gasteiger partial charge < -0.3 is 5.11 Å². The van der Waals surface area contributed by atoms with E-state index in [1.54, 1.807) is 0 Å². The molecule has 0 bridgehead atoms. The third-order valence-corrected chi connectivity index (χ3v) is 5.78. The highest BCUT2D eigenvalue weighted by molar-refractivity contribution is 4.57. The third kappa shape index (κ3) is 22.0. The molecule has 0 rings (SSSR count). The number of aliphatic hydroxyl groups excluding tert-OH is 1. The summed E-state index contributed by atoms with van der Waals surface area (Å²) in [6.07, 6.45) is 29.8. The lowest BCUT2D eigenvalue weighted by atomic mass is 10.0. The monoisotopic (exact) mass is 368 g/mol. The molecule has 0 aromatic carbocycles. The molecule has 1 unspecified atom stereocenters. The minimum absolute atomic E-state index is 0.0292. The summed E-state index contributed by atoms with van der Waals surface area (Å²) in [6.45, 7) is 4.54. The Kier molecular flexibility index (Phi) is 23.0. The fraction of sp³-hybridized carbons (Fsp3) is 1.00. The molecule has 0 fully saturated rings. The summed E-state index contributed by atoms with van der Waals surface area (Å²) in [5.41, 5.74) is 0. The minimum Gasteiger partial charge on any atom is -0.393 e. The normalized spacial score (nSPS) is 12.6. The zero-order valence-corrected chi connectivity index (χ0v) is 18.6. The van der Waals surface area contributed by atoms with E-state index in [1.807, 2.05) is 0 Å². The molecular formula is C25H52O. The van der Waals surface area contributed by atoms with Crippen LogP contribution in [-0.2, 0) is 0 Å². The van der Waals surface area contributed by atoms with Gasteiger partial charge >= 0.3 is 0 Å². The highest BCUT2D eigenvalue weighted by Crippen LogP contribution is 2.15. The first kappa shape index (κ1) is 26.0. The van der Waals surface area contributed by atoms with E-state index in [4.69, 9.17) is 0 Å². The molecule has 0 aromatic rings. The number of rotatable bonds is 22. The summed E-state index contributed by atoms with van der Waals surface area (Å²) >= 11 is 0. The SMILES string of the molecule is CCCCCCCCCCCCCCCCCCC(O)CCCCCC. The van der Waals surface area contributed by atoms with E-state index < -0.39 is 0 Å². The molecule has 1 N–H and O–H groups in total. The van der Waals surface area contributed by atoms with Crippen molar-refractivity contribution < 1.29 is 5.11 Å². The van der Waals surface area contributed by atoms with Crippen molar-refractivity contribution in [1.29, 1.82) is 0 Å². The van der Waals surface area contributed by atoms with E-state index >= 15 is 0 Å². The van der Waals surface area contributed by atoms with E-state index in [0.717, 1.165) is 12.8 Å². The fourth-order valence-corrected chi connectivity index (χ4v) is 3.88. The molecule has 0 aliphatic carbocycles. The Bertz CT molecular complexity index is 238. The van der Waals surface area contributed by atoms with Crippen LogP contribution in [-0.4, -0.2) is 11.2 Å². The van der Waals surface area contributed by atoms with E-state index in [-0.39, 0.29) is 6.10 Å². The average molecular weight is 369 g/mol. The Morgan fingerprint density at radius 1 is 0.385 bits per heavy atom. The van der Waals surface area contributed by atoms with Crippen LogP contribution in [0.4, 0.5) is 0 Å². The van der Waals surface area contributed by atoms with Crippen LogP contribution >= 0.6 is 0 Å². The van der Waals surface area contributed by atoms with Crippen molar-refractivity contribution in [2.75, 3.05) is 0 Å². The van der Waals surface area contributed by atoms with Gasteiger partial charge in [0, 0.05) is 0 Å². The van der Waals surface area contributed by atoms with Crippen LogP contribution in [0.1, 0.15) is 155 Å². The van der Waals surface area contributed by atoms with Crippen molar-refractivity contribution in [3.05, 3.63) is 0 Å². The quantitative estimate of drug-likeness (QED) is 0.189. The first-order chi connectivity index (χ1) is 12.8. The molecule has 0 aromatic heterocycles. The van der Waals surface area contributed by atoms with Crippen LogP contribution in [0.5, 0.6) is 0 Å². The van der Waals surface area contributed by atoms with Gasteiger partial charge in [0.05, 0.1) is 6.10 Å². The number of hydrogen-bond donors (Lipinski definition) is 1. The predicted octanol–water partition coefficient (Wildman–Crippen LogP) is 8.97. The summed E-state index contributed by atoms with van der Waals surface area (Å²) in [6, 6.07) is 0. The molecule has 1 nitrogen and oxygen atoms in total. The van der Waals surface area contributed by atoms with Crippen molar-refractivity contribution in [1.82, 2.24) is 0 Å². The Labute approximate surface area is 166 Å². The van der Waals surface area contributed by atoms with Crippen molar-refractivity contribution >= 4 is 0 Å². The van der Waals surface area contributed by atoms with Crippen molar-refractivity contribution in [3.63, 3.8) is 0 Å². The maximum Gasteiger partial charge on any atom is 0.0540 e. The van der Waals surface area contributed by atoms with Crippen molar-refractivity contribution in [2.45, 2.75) is 161 Å².